The molecule has 3 heterocycles. The molecule has 8 nitrogen and oxygen atoms in total. The Balaban J connectivity index is 1.51. The lowest BCUT2D eigenvalue weighted by molar-refractivity contribution is -0.150. The minimum Gasteiger partial charge on any atom is -0.487 e. The fourth-order valence-corrected chi connectivity index (χ4v) is 5.14. The van der Waals surface area contributed by atoms with Crippen molar-refractivity contribution >= 4 is 34.3 Å². The first-order valence-corrected chi connectivity index (χ1v) is 12.7. The fourth-order valence-electron chi connectivity index (χ4n) is 4.87. The van der Waals surface area contributed by atoms with Crippen LogP contribution >= 0.6 is 11.6 Å². The Morgan fingerprint density at radius 3 is 2.67 bits per heavy atom. The summed E-state index contributed by atoms with van der Waals surface area (Å²) in [6, 6.07) is 8.96. The average molecular weight is 554 g/mol. The monoisotopic (exact) mass is 553 g/mol. The van der Waals surface area contributed by atoms with Crippen LogP contribution in [0, 0.1) is 18.6 Å². The second kappa shape index (κ2) is 9.92. The molecule has 1 aliphatic heterocycles. The van der Waals surface area contributed by atoms with Gasteiger partial charge in [-0.1, -0.05) is 23.7 Å². The Morgan fingerprint density at radius 2 is 1.95 bits per heavy atom. The fraction of sp³-hybridized carbons (Fsp3) is 0.286. The topological polar surface area (TPSA) is 89.4 Å². The number of aromatic nitrogens is 3. The number of rotatable bonds is 6. The summed E-state index contributed by atoms with van der Waals surface area (Å²) in [5.41, 5.74) is 1.63. The van der Waals surface area contributed by atoms with Crippen molar-refractivity contribution < 1.29 is 23.1 Å². The third-order valence-corrected chi connectivity index (χ3v) is 7.09. The predicted octanol–water partition coefficient (Wildman–Crippen LogP) is 5.04. The lowest BCUT2D eigenvalue weighted by atomic mass is 9.95. The van der Waals surface area contributed by atoms with Gasteiger partial charge in [0.2, 0.25) is 11.8 Å². The number of halogens is 3. The van der Waals surface area contributed by atoms with E-state index in [4.69, 9.17) is 16.3 Å². The van der Waals surface area contributed by atoms with Crippen LogP contribution in [0.5, 0.6) is 5.75 Å². The maximum atomic E-state index is 14.5. The van der Waals surface area contributed by atoms with E-state index in [1.807, 2.05) is 13.0 Å². The molecule has 0 saturated carbocycles. The summed E-state index contributed by atoms with van der Waals surface area (Å²) >= 11 is 6.49. The van der Waals surface area contributed by atoms with Crippen LogP contribution in [-0.4, -0.2) is 43.6 Å². The number of hydrogen-bond donors (Lipinski definition) is 1. The first-order chi connectivity index (χ1) is 18.4. The van der Waals surface area contributed by atoms with Crippen LogP contribution in [0.2, 0.25) is 5.02 Å². The summed E-state index contributed by atoms with van der Waals surface area (Å²) in [4.78, 5) is 31.5. The lowest BCUT2D eigenvalue weighted by Crippen LogP contribution is -2.64. The van der Waals surface area contributed by atoms with Gasteiger partial charge in [0.05, 0.1) is 29.1 Å². The normalized spacial score (nSPS) is 15.9. The molecule has 0 radical (unpaired) electrons. The van der Waals surface area contributed by atoms with E-state index in [0.29, 0.717) is 39.2 Å². The van der Waals surface area contributed by atoms with E-state index in [1.54, 1.807) is 39.0 Å². The molecule has 11 heteroatoms. The molecule has 202 valence electrons. The summed E-state index contributed by atoms with van der Waals surface area (Å²) in [5.74, 6) is -1.21. The van der Waals surface area contributed by atoms with Gasteiger partial charge in [-0.25, -0.2) is 18.4 Å². The number of carbonyl (C=O) groups excluding carboxylic acids is 2. The molecule has 1 atom stereocenters. The summed E-state index contributed by atoms with van der Waals surface area (Å²) in [5, 5.41) is 7.57. The highest BCUT2D eigenvalue weighted by Gasteiger charge is 2.41. The van der Waals surface area contributed by atoms with Crippen molar-refractivity contribution in [2.75, 3.05) is 6.54 Å². The van der Waals surface area contributed by atoms with Crippen molar-refractivity contribution in [1.82, 2.24) is 25.0 Å². The molecule has 2 amide bonds. The van der Waals surface area contributed by atoms with Gasteiger partial charge in [-0.2, -0.15) is 5.10 Å². The predicted molar refractivity (Wildman–Crippen MR) is 142 cm³/mol. The summed E-state index contributed by atoms with van der Waals surface area (Å²) in [6.45, 7) is 6.55. The number of fused-ring (bicyclic) bond motifs is 1. The largest absolute Gasteiger partial charge is 0.487 e. The van der Waals surface area contributed by atoms with Crippen molar-refractivity contribution in [3.05, 3.63) is 82.3 Å². The second-order valence-corrected chi connectivity index (χ2v) is 10.5. The number of carbonyl (C=O) groups is 2. The van der Waals surface area contributed by atoms with Gasteiger partial charge >= 0.3 is 0 Å². The van der Waals surface area contributed by atoms with Crippen LogP contribution in [0.4, 0.5) is 8.78 Å². The number of piperazine rings is 1. The number of hydrogen-bond acceptors (Lipinski definition) is 5. The maximum Gasteiger partial charge on any atom is 0.248 e. The van der Waals surface area contributed by atoms with Gasteiger partial charge in [-0.05, 0) is 57.5 Å². The zero-order valence-corrected chi connectivity index (χ0v) is 22.5. The smallest absolute Gasteiger partial charge is 0.248 e. The first-order valence-electron chi connectivity index (χ1n) is 12.3. The molecular formula is C28H26ClF2N5O3. The number of ether oxygens (including phenoxy) is 1. The molecule has 2 aromatic heterocycles. The molecule has 2 aromatic carbocycles. The molecule has 4 aromatic rings. The third-order valence-electron chi connectivity index (χ3n) is 6.75. The van der Waals surface area contributed by atoms with Crippen molar-refractivity contribution in [2.45, 2.75) is 45.9 Å². The van der Waals surface area contributed by atoms with Crippen molar-refractivity contribution in [3.8, 4) is 11.4 Å². The van der Waals surface area contributed by atoms with Crippen molar-refractivity contribution in [2.24, 2.45) is 0 Å². The molecule has 0 unspecified atom stereocenters. The number of nitrogens with zero attached hydrogens (tertiary/aromatic N) is 4. The Bertz CT molecular complexity index is 1620. The van der Waals surface area contributed by atoms with Crippen LogP contribution in [0.25, 0.3) is 16.6 Å². The van der Waals surface area contributed by atoms with Crippen LogP contribution in [0.15, 0.2) is 48.8 Å². The van der Waals surface area contributed by atoms with Gasteiger partial charge < -0.3 is 15.0 Å². The molecule has 1 fully saturated rings. The van der Waals surface area contributed by atoms with Gasteiger partial charge in [-0.3, -0.25) is 9.59 Å². The van der Waals surface area contributed by atoms with E-state index in [1.165, 1.54) is 27.9 Å². The molecule has 1 aliphatic rings. The van der Waals surface area contributed by atoms with E-state index in [-0.39, 0.29) is 30.0 Å². The third kappa shape index (κ3) is 5.04. The maximum absolute atomic E-state index is 14.5. The van der Waals surface area contributed by atoms with Crippen molar-refractivity contribution in [3.63, 3.8) is 0 Å². The highest BCUT2D eigenvalue weighted by atomic mass is 35.5. The molecule has 0 aliphatic carbocycles. The van der Waals surface area contributed by atoms with Crippen LogP contribution in [0.1, 0.15) is 43.6 Å². The quantitative estimate of drug-likeness (QED) is 0.361. The summed E-state index contributed by atoms with van der Waals surface area (Å²) < 4.78 is 35.8. The number of amides is 2. The summed E-state index contributed by atoms with van der Waals surface area (Å²) in [7, 11) is 0. The van der Waals surface area contributed by atoms with Gasteiger partial charge in [0.1, 0.15) is 35.8 Å². The molecule has 39 heavy (non-hydrogen) atoms. The standard InChI is InChI=1S/C28H26ClF2N5O3/c1-15-8-23(36-12-18(31)11-32-36)19-6-5-7-24(26(19)33-15)39-14-21-20(9-17(30)10-22(21)29)16(2)35-13-25(37)34-28(3,4)27(35)38/h5-12,16H,13-14H2,1-4H3,(H,34,37)/t16-/m0/s1. The zero-order valence-electron chi connectivity index (χ0n) is 21.8. The Hall–Kier alpha value is -4.05. The van der Waals surface area contributed by atoms with E-state index in [9.17, 15) is 18.4 Å². The Kier molecular flexibility index (Phi) is 6.76. The van der Waals surface area contributed by atoms with E-state index in [0.717, 1.165) is 6.20 Å². The molecule has 0 bridgehead atoms. The average Bonchev–Trinajstić information content (AvgIpc) is 3.30. The zero-order chi connectivity index (χ0) is 28.1. The van der Waals surface area contributed by atoms with Crippen LogP contribution in [-0.2, 0) is 16.2 Å². The van der Waals surface area contributed by atoms with Crippen LogP contribution < -0.4 is 10.1 Å². The highest BCUT2D eigenvalue weighted by Crippen LogP contribution is 2.35. The minimum absolute atomic E-state index is 0.0587. The minimum atomic E-state index is -1.10. The number of pyridine rings is 1. The highest BCUT2D eigenvalue weighted by molar-refractivity contribution is 6.31. The van der Waals surface area contributed by atoms with Crippen molar-refractivity contribution in [1.29, 1.82) is 0 Å². The Morgan fingerprint density at radius 1 is 1.18 bits per heavy atom. The van der Waals surface area contributed by atoms with Gasteiger partial charge in [0, 0.05) is 16.6 Å². The Labute approximate surface area is 228 Å². The van der Waals surface area contributed by atoms with E-state index < -0.39 is 23.2 Å². The van der Waals surface area contributed by atoms with Gasteiger partial charge in [0.15, 0.2) is 5.82 Å². The van der Waals surface area contributed by atoms with Crippen LogP contribution in [0.3, 0.4) is 0 Å². The number of aryl methyl sites for hydroxylation is 1. The summed E-state index contributed by atoms with van der Waals surface area (Å²) in [6.07, 6.45) is 2.40. The number of nitrogens with one attached hydrogen (secondary N) is 1. The van der Waals surface area contributed by atoms with E-state index in [2.05, 4.69) is 15.4 Å². The van der Waals surface area contributed by atoms with Gasteiger partial charge in [-0.15, -0.1) is 0 Å². The lowest BCUT2D eigenvalue weighted by Gasteiger charge is -2.41. The number of para-hydroxylation sites is 1. The molecule has 1 N–H and O–H groups in total. The first kappa shape index (κ1) is 26.6. The SMILES string of the molecule is Cc1cc(-n2cc(F)cn2)c2cccc(OCc3c(Cl)cc(F)cc3[C@H](C)N3CC(=O)NC(C)(C)C3=O)c2n1. The van der Waals surface area contributed by atoms with Gasteiger partial charge in [0.25, 0.3) is 0 Å². The molecule has 1 saturated heterocycles. The van der Waals surface area contributed by atoms with E-state index >= 15 is 0 Å². The molecular weight excluding hydrogens is 528 g/mol. The molecule has 5 rings (SSSR count). The molecule has 0 spiro atoms. The number of benzene rings is 2. The second-order valence-electron chi connectivity index (χ2n) is 10.1.